The summed E-state index contributed by atoms with van der Waals surface area (Å²) in [5.41, 5.74) is 0.450. The van der Waals surface area contributed by atoms with Gasteiger partial charge in [0, 0.05) is 25.8 Å². The summed E-state index contributed by atoms with van der Waals surface area (Å²) in [6, 6.07) is 3.32. The van der Waals surface area contributed by atoms with Gasteiger partial charge in [-0.3, -0.25) is 9.59 Å². The Morgan fingerprint density at radius 2 is 2.24 bits per heavy atom. The van der Waals surface area contributed by atoms with Gasteiger partial charge in [-0.05, 0) is 37.5 Å². The predicted octanol–water partition coefficient (Wildman–Crippen LogP) is 2.24. The first-order valence-electron chi connectivity index (χ1n) is 8.26. The number of nitrogens with one attached hydrogen (secondary N) is 1. The maximum atomic E-state index is 13.3. The van der Waals surface area contributed by atoms with E-state index >= 15 is 0 Å². The third kappa shape index (κ3) is 4.11. The topological polar surface area (TPSA) is 67.9 Å². The monoisotopic (exact) mass is 370 g/mol. The molecule has 0 spiro atoms. The molecular formula is C17H20ClFN2O4. The van der Waals surface area contributed by atoms with Crippen LogP contribution in [0.4, 0.5) is 10.1 Å². The maximum absolute atomic E-state index is 13.3. The number of carbonyl (C=O) groups excluding carboxylic acids is 2. The van der Waals surface area contributed by atoms with Crippen LogP contribution >= 0.6 is 11.6 Å². The smallest absolute Gasteiger partial charge is 0.250 e. The molecule has 2 aliphatic heterocycles. The van der Waals surface area contributed by atoms with Crippen LogP contribution in [0, 0.1) is 5.82 Å². The minimum atomic E-state index is -0.706. The highest BCUT2D eigenvalue weighted by atomic mass is 35.5. The number of halogens is 2. The molecule has 0 bridgehead atoms. The van der Waals surface area contributed by atoms with Gasteiger partial charge in [0.25, 0.3) is 0 Å². The number of benzene rings is 1. The highest BCUT2D eigenvalue weighted by Gasteiger charge is 2.39. The molecule has 1 aromatic rings. The van der Waals surface area contributed by atoms with E-state index in [0.29, 0.717) is 12.3 Å². The van der Waals surface area contributed by atoms with E-state index in [0.717, 1.165) is 19.3 Å². The number of hydrogen-bond donors (Lipinski definition) is 1. The van der Waals surface area contributed by atoms with Crippen LogP contribution in [0.5, 0.6) is 0 Å². The molecule has 0 aliphatic carbocycles. The molecular weight excluding hydrogens is 351 g/mol. The minimum Gasteiger partial charge on any atom is -0.353 e. The van der Waals surface area contributed by atoms with Crippen molar-refractivity contribution in [2.75, 3.05) is 18.6 Å². The average molecular weight is 371 g/mol. The molecule has 2 heterocycles. The minimum absolute atomic E-state index is 0.0664. The van der Waals surface area contributed by atoms with Crippen molar-refractivity contribution >= 4 is 29.1 Å². The molecule has 0 saturated carbocycles. The molecule has 6 nitrogen and oxygen atoms in total. The second-order valence-electron chi connectivity index (χ2n) is 6.21. The highest BCUT2D eigenvalue weighted by molar-refractivity contribution is 6.31. The van der Waals surface area contributed by atoms with Crippen molar-refractivity contribution in [3.05, 3.63) is 29.0 Å². The molecule has 136 valence electrons. The van der Waals surface area contributed by atoms with E-state index in [1.165, 1.54) is 23.1 Å². The summed E-state index contributed by atoms with van der Waals surface area (Å²) in [6.07, 6.45) is 1.86. The van der Waals surface area contributed by atoms with E-state index < -0.39 is 24.3 Å². The molecule has 2 amide bonds. The van der Waals surface area contributed by atoms with Crippen molar-refractivity contribution in [1.82, 2.24) is 5.32 Å². The van der Waals surface area contributed by atoms with Crippen LogP contribution in [0.2, 0.25) is 5.02 Å². The van der Waals surface area contributed by atoms with Gasteiger partial charge in [-0.2, -0.15) is 0 Å². The number of hydrogen-bond acceptors (Lipinski definition) is 4. The lowest BCUT2D eigenvalue weighted by Gasteiger charge is -2.25. The molecule has 3 atom stereocenters. The SMILES string of the molecule is CN(C(=O)C1CC(OC2CCCCO2)C(=O)N1)c1ccc(F)c(Cl)c1. The molecule has 8 heteroatoms. The zero-order valence-electron chi connectivity index (χ0n) is 13.8. The lowest BCUT2D eigenvalue weighted by Crippen LogP contribution is -2.42. The molecule has 25 heavy (non-hydrogen) atoms. The van der Waals surface area contributed by atoms with Gasteiger partial charge in [0.15, 0.2) is 6.29 Å². The first-order chi connectivity index (χ1) is 12.0. The van der Waals surface area contributed by atoms with Crippen LogP contribution in [0.15, 0.2) is 18.2 Å². The van der Waals surface area contributed by atoms with Crippen LogP contribution < -0.4 is 10.2 Å². The van der Waals surface area contributed by atoms with Crippen molar-refractivity contribution in [2.24, 2.45) is 0 Å². The zero-order chi connectivity index (χ0) is 18.0. The molecule has 2 fully saturated rings. The third-order valence-electron chi connectivity index (χ3n) is 4.43. The van der Waals surface area contributed by atoms with Gasteiger partial charge in [-0.15, -0.1) is 0 Å². The van der Waals surface area contributed by atoms with Crippen LogP contribution in [0.1, 0.15) is 25.7 Å². The summed E-state index contributed by atoms with van der Waals surface area (Å²) in [6.45, 7) is 0.620. The Labute approximate surface area is 150 Å². The average Bonchev–Trinajstić information content (AvgIpc) is 2.97. The number of ether oxygens (including phenoxy) is 2. The first kappa shape index (κ1) is 18.1. The van der Waals surface area contributed by atoms with Crippen molar-refractivity contribution in [3.63, 3.8) is 0 Å². The van der Waals surface area contributed by atoms with Gasteiger partial charge < -0.3 is 19.7 Å². The molecule has 2 aliphatic rings. The van der Waals surface area contributed by atoms with Gasteiger partial charge >= 0.3 is 0 Å². The number of likely N-dealkylation sites (N-methyl/N-ethyl adjacent to an activating group) is 1. The van der Waals surface area contributed by atoms with E-state index in [1.54, 1.807) is 7.05 Å². The van der Waals surface area contributed by atoms with Gasteiger partial charge in [0.2, 0.25) is 11.8 Å². The van der Waals surface area contributed by atoms with E-state index in [4.69, 9.17) is 21.1 Å². The predicted molar refractivity (Wildman–Crippen MR) is 89.8 cm³/mol. The molecule has 3 rings (SSSR count). The van der Waals surface area contributed by atoms with E-state index in [9.17, 15) is 14.0 Å². The number of anilines is 1. The fourth-order valence-corrected chi connectivity index (χ4v) is 3.16. The summed E-state index contributed by atoms with van der Waals surface area (Å²) in [4.78, 5) is 26.0. The molecule has 1 aromatic carbocycles. The zero-order valence-corrected chi connectivity index (χ0v) is 14.6. The Morgan fingerprint density at radius 1 is 1.44 bits per heavy atom. The lowest BCUT2D eigenvalue weighted by atomic mass is 10.1. The van der Waals surface area contributed by atoms with Crippen molar-refractivity contribution in [2.45, 2.75) is 44.1 Å². The third-order valence-corrected chi connectivity index (χ3v) is 4.72. The van der Waals surface area contributed by atoms with Crippen LogP contribution in [-0.4, -0.2) is 43.9 Å². The largest absolute Gasteiger partial charge is 0.353 e. The molecule has 2 saturated heterocycles. The van der Waals surface area contributed by atoms with E-state index in [-0.39, 0.29) is 23.3 Å². The van der Waals surface area contributed by atoms with Gasteiger partial charge in [0.05, 0.1) is 5.02 Å². The summed E-state index contributed by atoms with van der Waals surface area (Å²) in [7, 11) is 1.55. The molecule has 1 N–H and O–H groups in total. The summed E-state index contributed by atoms with van der Waals surface area (Å²) >= 11 is 5.76. The Balaban J connectivity index is 1.62. The normalized spacial score (nSPS) is 26.4. The summed E-state index contributed by atoms with van der Waals surface area (Å²) < 4.78 is 24.4. The lowest BCUT2D eigenvalue weighted by molar-refractivity contribution is -0.189. The maximum Gasteiger partial charge on any atom is 0.250 e. The van der Waals surface area contributed by atoms with Gasteiger partial charge in [0.1, 0.15) is 18.0 Å². The summed E-state index contributed by atoms with van der Waals surface area (Å²) in [5.74, 6) is -1.19. The Kier molecular flexibility index (Phi) is 5.56. The second-order valence-corrected chi connectivity index (χ2v) is 6.62. The van der Waals surface area contributed by atoms with Crippen molar-refractivity contribution in [3.8, 4) is 0 Å². The second kappa shape index (κ2) is 7.68. The Bertz CT molecular complexity index is 666. The Hall–Kier alpha value is -1.70. The fraction of sp³-hybridized carbons (Fsp3) is 0.529. The van der Waals surface area contributed by atoms with Crippen LogP contribution in [0.3, 0.4) is 0 Å². The quantitative estimate of drug-likeness (QED) is 0.882. The van der Waals surface area contributed by atoms with Crippen LogP contribution in [0.25, 0.3) is 0 Å². The van der Waals surface area contributed by atoms with Crippen molar-refractivity contribution in [1.29, 1.82) is 0 Å². The van der Waals surface area contributed by atoms with E-state index in [2.05, 4.69) is 5.32 Å². The molecule has 3 unspecified atom stereocenters. The highest BCUT2D eigenvalue weighted by Crippen LogP contribution is 2.25. The first-order valence-corrected chi connectivity index (χ1v) is 8.63. The van der Waals surface area contributed by atoms with Gasteiger partial charge in [-0.1, -0.05) is 11.6 Å². The number of carbonyl (C=O) groups is 2. The standard InChI is InChI=1S/C17H20ClFN2O4/c1-21(10-5-6-12(19)11(18)8-10)17(23)13-9-14(16(22)20-13)25-15-4-2-3-7-24-15/h5-6,8,13-15H,2-4,7,9H2,1H3,(H,20,22). The van der Waals surface area contributed by atoms with Crippen molar-refractivity contribution < 1.29 is 23.5 Å². The molecule has 0 radical (unpaired) electrons. The number of rotatable bonds is 4. The fourth-order valence-electron chi connectivity index (χ4n) is 2.98. The summed E-state index contributed by atoms with van der Waals surface area (Å²) in [5, 5.41) is 2.59. The van der Waals surface area contributed by atoms with E-state index in [1.807, 2.05) is 0 Å². The Morgan fingerprint density at radius 3 is 2.92 bits per heavy atom. The molecule has 0 aromatic heterocycles. The van der Waals surface area contributed by atoms with Crippen LogP contribution in [-0.2, 0) is 19.1 Å². The number of nitrogens with zero attached hydrogens (tertiary/aromatic N) is 1. The van der Waals surface area contributed by atoms with Gasteiger partial charge in [-0.25, -0.2) is 4.39 Å². The number of amides is 2.